The Morgan fingerprint density at radius 2 is 2.06 bits per heavy atom. The van der Waals surface area contributed by atoms with E-state index in [0.717, 1.165) is 18.7 Å². The summed E-state index contributed by atoms with van der Waals surface area (Å²) in [6.07, 6.45) is 0. The minimum absolute atomic E-state index is 0.0357. The Morgan fingerprint density at radius 3 is 2.71 bits per heavy atom. The SMILES string of the molecule is Cc1ccc(Br)c(O)c1C(=O)N1CCNCC1. The Bertz CT molecular complexity index is 442. The van der Waals surface area contributed by atoms with E-state index in [1.54, 1.807) is 11.0 Å². The van der Waals surface area contributed by atoms with E-state index in [4.69, 9.17) is 0 Å². The molecule has 0 bridgehead atoms. The van der Waals surface area contributed by atoms with Crippen LogP contribution >= 0.6 is 15.9 Å². The van der Waals surface area contributed by atoms with Crippen molar-refractivity contribution in [3.63, 3.8) is 0 Å². The smallest absolute Gasteiger partial charge is 0.258 e. The van der Waals surface area contributed by atoms with E-state index < -0.39 is 0 Å². The molecule has 0 spiro atoms. The summed E-state index contributed by atoms with van der Waals surface area (Å²) < 4.78 is 0.557. The second-order valence-corrected chi connectivity index (χ2v) is 4.98. The fourth-order valence-electron chi connectivity index (χ4n) is 1.96. The third kappa shape index (κ3) is 2.45. The number of aryl methyl sites for hydroxylation is 1. The van der Waals surface area contributed by atoms with Gasteiger partial charge in [0.1, 0.15) is 5.75 Å². The maximum Gasteiger partial charge on any atom is 0.258 e. The first-order chi connectivity index (χ1) is 8.11. The topological polar surface area (TPSA) is 52.6 Å². The molecule has 2 rings (SSSR count). The van der Waals surface area contributed by atoms with Crippen molar-refractivity contribution in [1.29, 1.82) is 0 Å². The van der Waals surface area contributed by atoms with Gasteiger partial charge in [0.25, 0.3) is 5.91 Å². The average Bonchev–Trinajstić information content (AvgIpc) is 2.35. The van der Waals surface area contributed by atoms with Gasteiger partial charge in [0.2, 0.25) is 0 Å². The zero-order valence-corrected chi connectivity index (χ0v) is 11.2. The standard InChI is InChI=1S/C12H15BrN2O2/c1-8-2-3-9(13)11(16)10(8)12(17)15-6-4-14-5-7-15/h2-3,14,16H,4-7H2,1H3. The number of rotatable bonds is 1. The largest absolute Gasteiger partial charge is 0.506 e. The number of carbonyl (C=O) groups is 1. The predicted octanol–water partition coefficient (Wildman–Crippen LogP) is 1.51. The first-order valence-electron chi connectivity index (χ1n) is 5.59. The van der Waals surface area contributed by atoms with Crippen molar-refractivity contribution < 1.29 is 9.90 Å². The number of carbonyl (C=O) groups excluding carboxylic acids is 1. The van der Waals surface area contributed by atoms with E-state index in [1.807, 2.05) is 13.0 Å². The lowest BCUT2D eigenvalue weighted by molar-refractivity contribution is 0.0732. The first kappa shape index (κ1) is 12.4. The summed E-state index contributed by atoms with van der Waals surface area (Å²) in [7, 11) is 0. The van der Waals surface area contributed by atoms with Crippen LogP contribution in [0.1, 0.15) is 15.9 Å². The summed E-state index contributed by atoms with van der Waals surface area (Å²) in [5.41, 5.74) is 1.20. The van der Waals surface area contributed by atoms with Gasteiger partial charge in [-0.3, -0.25) is 4.79 Å². The van der Waals surface area contributed by atoms with Crippen LogP contribution in [-0.2, 0) is 0 Å². The van der Waals surface area contributed by atoms with Crippen molar-refractivity contribution in [3.8, 4) is 5.75 Å². The van der Waals surface area contributed by atoms with Crippen molar-refractivity contribution in [2.45, 2.75) is 6.92 Å². The molecule has 5 heteroatoms. The maximum atomic E-state index is 12.3. The molecule has 1 saturated heterocycles. The summed E-state index contributed by atoms with van der Waals surface area (Å²) in [6, 6.07) is 3.58. The number of hydrogen-bond acceptors (Lipinski definition) is 3. The van der Waals surface area contributed by atoms with Crippen LogP contribution in [0.2, 0.25) is 0 Å². The Hall–Kier alpha value is -1.07. The molecular formula is C12H15BrN2O2. The van der Waals surface area contributed by atoms with Crippen LogP contribution in [0.5, 0.6) is 5.75 Å². The van der Waals surface area contributed by atoms with Crippen LogP contribution in [0.25, 0.3) is 0 Å². The lowest BCUT2D eigenvalue weighted by Gasteiger charge is -2.28. The van der Waals surface area contributed by atoms with Crippen molar-refractivity contribution in [2.24, 2.45) is 0 Å². The summed E-state index contributed by atoms with van der Waals surface area (Å²) in [4.78, 5) is 14.1. The number of hydrogen-bond donors (Lipinski definition) is 2. The van der Waals surface area contributed by atoms with Crippen LogP contribution < -0.4 is 5.32 Å². The third-order valence-corrected chi connectivity index (χ3v) is 3.59. The van der Waals surface area contributed by atoms with E-state index >= 15 is 0 Å². The van der Waals surface area contributed by atoms with E-state index in [2.05, 4.69) is 21.2 Å². The summed E-state index contributed by atoms with van der Waals surface area (Å²) in [5.74, 6) is -0.0590. The number of phenols is 1. The van der Waals surface area contributed by atoms with Crippen molar-refractivity contribution in [2.75, 3.05) is 26.2 Å². The molecule has 1 aromatic rings. The van der Waals surface area contributed by atoms with Crippen LogP contribution in [0.15, 0.2) is 16.6 Å². The number of amides is 1. The molecule has 4 nitrogen and oxygen atoms in total. The van der Waals surface area contributed by atoms with Crippen molar-refractivity contribution in [1.82, 2.24) is 10.2 Å². The second-order valence-electron chi connectivity index (χ2n) is 4.13. The highest BCUT2D eigenvalue weighted by Gasteiger charge is 2.23. The minimum Gasteiger partial charge on any atom is -0.506 e. The normalized spacial score (nSPS) is 16.0. The van der Waals surface area contributed by atoms with Crippen LogP contribution in [-0.4, -0.2) is 42.1 Å². The van der Waals surface area contributed by atoms with Gasteiger partial charge in [0.05, 0.1) is 10.0 Å². The molecule has 0 unspecified atom stereocenters. The van der Waals surface area contributed by atoms with Gasteiger partial charge in [-0.05, 0) is 34.5 Å². The number of nitrogens with one attached hydrogen (secondary N) is 1. The molecule has 2 N–H and O–H groups in total. The highest BCUT2D eigenvalue weighted by atomic mass is 79.9. The monoisotopic (exact) mass is 298 g/mol. The van der Waals surface area contributed by atoms with Crippen LogP contribution in [0, 0.1) is 6.92 Å². The molecule has 0 aromatic heterocycles. The maximum absolute atomic E-state index is 12.3. The Balaban J connectivity index is 2.32. The van der Waals surface area contributed by atoms with E-state index in [1.165, 1.54) is 0 Å². The summed E-state index contributed by atoms with van der Waals surface area (Å²) in [5, 5.41) is 13.2. The highest BCUT2D eigenvalue weighted by Crippen LogP contribution is 2.31. The Labute approximate surface area is 109 Å². The molecule has 1 aromatic carbocycles. The molecule has 92 valence electrons. The molecule has 17 heavy (non-hydrogen) atoms. The molecule has 1 heterocycles. The minimum atomic E-state index is -0.0946. The summed E-state index contributed by atoms with van der Waals surface area (Å²) in [6.45, 7) is 4.81. The fraction of sp³-hybridized carbons (Fsp3) is 0.417. The first-order valence-corrected chi connectivity index (χ1v) is 6.38. The Kier molecular flexibility index (Phi) is 3.69. The third-order valence-electron chi connectivity index (χ3n) is 2.96. The zero-order chi connectivity index (χ0) is 12.4. The van der Waals surface area contributed by atoms with Gasteiger partial charge in [-0.2, -0.15) is 0 Å². The molecule has 0 radical (unpaired) electrons. The highest BCUT2D eigenvalue weighted by molar-refractivity contribution is 9.10. The quantitative estimate of drug-likeness (QED) is 0.826. The van der Waals surface area contributed by atoms with Crippen molar-refractivity contribution >= 4 is 21.8 Å². The number of phenolic OH excluding ortho intramolecular Hbond substituents is 1. The number of nitrogens with zero attached hydrogens (tertiary/aromatic N) is 1. The lowest BCUT2D eigenvalue weighted by Crippen LogP contribution is -2.46. The van der Waals surface area contributed by atoms with Gasteiger partial charge in [0, 0.05) is 26.2 Å². The van der Waals surface area contributed by atoms with Crippen LogP contribution in [0.3, 0.4) is 0 Å². The summed E-state index contributed by atoms with van der Waals surface area (Å²) >= 11 is 3.24. The van der Waals surface area contributed by atoms with E-state index in [0.29, 0.717) is 23.1 Å². The molecule has 1 aliphatic rings. The molecule has 1 amide bonds. The molecule has 0 atom stereocenters. The Morgan fingerprint density at radius 1 is 1.41 bits per heavy atom. The number of aromatic hydroxyl groups is 1. The zero-order valence-electron chi connectivity index (χ0n) is 9.66. The molecule has 1 fully saturated rings. The number of benzene rings is 1. The van der Waals surface area contributed by atoms with Gasteiger partial charge in [-0.15, -0.1) is 0 Å². The van der Waals surface area contributed by atoms with Gasteiger partial charge in [0.15, 0.2) is 0 Å². The molecule has 0 saturated carbocycles. The molecular weight excluding hydrogens is 284 g/mol. The number of piperazine rings is 1. The van der Waals surface area contributed by atoms with E-state index in [9.17, 15) is 9.90 Å². The van der Waals surface area contributed by atoms with Gasteiger partial charge < -0.3 is 15.3 Å². The van der Waals surface area contributed by atoms with Crippen molar-refractivity contribution in [3.05, 3.63) is 27.7 Å². The molecule has 1 aliphatic heterocycles. The number of halogens is 1. The van der Waals surface area contributed by atoms with E-state index in [-0.39, 0.29) is 11.7 Å². The van der Waals surface area contributed by atoms with Gasteiger partial charge in [-0.1, -0.05) is 6.07 Å². The average molecular weight is 299 g/mol. The second kappa shape index (κ2) is 5.06. The predicted molar refractivity (Wildman–Crippen MR) is 69.3 cm³/mol. The van der Waals surface area contributed by atoms with Gasteiger partial charge >= 0.3 is 0 Å². The molecule has 0 aliphatic carbocycles. The van der Waals surface area contributed by atoms with Gasteiger partial charge in [-0.25, -0.2) is 0 Å². The fourth-order valence-corrected chi connectivity index (χ4v) is 2.29. The van der Waals surface area contributed by atoms with Crippen LogP contribution in [0.4, 0.5) is 0 Å². The lowest BCUT2D eigenvalue weighted by atomic mass is 10.1.